The lowest BCUT2D eigenvalue weighted by molar-refractivity contribution is -0.870. The second-order valence-corrected chi connectivity index (χ2v) is 6.53. The van der Waals surface area contributed by atoms with Crippen LogP contribution in [-0.4, -0.2) is 79.1 Å². The fourth-order valence-corrected chi connectivity index (χ4v) is 2.18. The van der Waals surface area contributed by atoms with Gasteiger partial charge in [0, 0.05) is 30.9 Å². The monoisotopic (exact) mass is 279 g/mol. The molecule has 0 spiro atoms. The molecule has 0 saturated heterocycles. The second kappa shape index (κ2) is 9.61. The van der Waals surface area contributed by atoms with E-state index in [1.54, 1.807) is 0 Å². The standard InChI is InChI=1S/C12H26N2O3S/c1-14(2,3)7-4-6-13-12(17)5-8-18-10-11(16)9-15/h11,15-16H,4-10H2,1-3H3/p+1. The Morgan fingerprint density at radius 1 is 1.39 bits per heavy atom. The summed E-state index contributed by atoms with van der Waals surface area (Å²) in [6.45, 7) is 1.54. The molecule has 108 valence electrons. The Balaban J connectivity index is 3.38. The molecule has 0 aromatic heterocycles. The smallest absolute Gasteiger partial charge is 0.220 e. The molecule has 0 radical (unpaired) electrons. The van der Waals surface area contributed by atoms with Crippen LogP contribution in [0.1, 0.15) is 12.8 Å². The first kappa shape index (κ1) is 17.7. The van der Waals surface area contributed by atoms with Crippen LogP contribution in [0.15, 0.2) is 0 Å². The van der Waals surface area contributed by atoms with E-state index < -0.39 is 6.10 Å². The van der Waals surface area contributed by atoms with Crippen molar-refractivity contribution in [3.8, 4) is 0 Å². The first-order valence-electron chi connectivity index (χ1n) is 6.29. The third kappa shape index (κ3) is 12.2. The summed E-state index contributed by atoms with van der Waals surface area (Å²) in [6.07, 6.45) is 0.765. The molecule has 5 nitrogen and oxygen atoms in total. The predicted molar refractivity (Wildman–Crippen MR) is 75.6 cm³/mol. The van der Waals surface area contributed by atoms with Gasteiger partial charge in [-0.05, 0) is 0 Å². The Labute approximate surface area is 114 Å². The summed E-state index contributed by atoms with van der Waals surface area (Å²) in [5.74, 6) is 1.21. The highest BCUT2D eigenvalue weighted by atomic mass is 32.2. The Morgan fingerprint density at radius 2 is 2.06 bits per heavy atom. The first-order valence-corrected chi connectivity index (χ1v) is 7.44. The topological polar surface area (TPSA) is 69.6 Å². The molecule has 0 fully saturated rings. The molecule has 1 atom stereocenters. The fourth-order valence-electron chi connectivity index (χ4n) is 1.31. The number of hydrogen-bond acceptors (Lipinski definition) is 4. The van der Waals surface area contributed by atoms with Gasteiger partial charge in [-0.1, -0.05) is 0 Å². The largest absolute Gasteiger partial charge is 0.394 e. The minimum absolute atomic E-state index is 0.0578. The van der Waals surface area contributed by atoms with Crippen molar-refractivity contribution in [1.29, 1.82) is 0 Å². The lowest BCUT2D eigenvalue weighted by Gasteiger charge is -2.23. The van der Waals surface area contributed by atoms with Gasteiger partial charge >= 0.3 is 0 Å². The number of nitrogens with zero attached hydrogens (tertiary/aromatic N) is 1. The van der Waals surface area contributed by atoms with Gasteiger partial charge in [0.15, 0.2) is 0 Å². The number of carbonyl (C=O) groups excluding carboxylic acids is 1. The Hall–Kier alpha value is -0.300. The molecule has 0 aliphatic carbocycles. The highest BCUT2D eigenvalue weighted by molar-refractivity contribution is 7.99. The van der Waals surface area contributed by atoms with Gasteiger partial charge in [0.05, 0.1) is 40.4 Å². The third-order valence-electron chi connectivity index (χ3n) is 2.32. The minimum atomic E-state index is -0.678. The zero-order valence-electron chi connectivity index (χ0n) is 11.7. The fraction of sp³-hybridized carbons (Fsp3) is 0.917. The van der Waals surface area contributed by atoms with Gasteiger partial charge in [0.1, 0.15) is 0 Å². The molecule has 6 heteroatoms. The van der Waals surface area contributed by atoms with Crippen LogP contribution in [0.2, 0.25) is 0 Å². The van der Waals surface area contributed by atoms with Crippen molar-refractivity contribution in [2.45, 2.75) is 18.9 Å². The van der Waals surface area contributed by atoms with Crippen molar-refractivity contribution in [2.24, 2.45) is 0 Å². The number of aliphatic hydroxyl groups is 2. The summed E-state index contributed by atoms with van der Waals surface area (Å²) in [7, 11) is 6.39. The van der Waals surface area contributed by atoms with Crippen molar-refractivity contribution >= 4 is 17.7 Å². The van der Waals surface area contributed by atoms with Gasteiger partial charge in [-0.2, -0.15) is 11.8 Å². The number of thioether (sulfide) groups is 1. The zero-order valence-corrected chi connectivity index (χ0v) is 12.5. The van der Waals surface area contributed by atoms with Crippen molar-refractivity contribution in [3.05, 3.63) is 0 Å². The van der Waals surface area contributed by atoms with Gasteiger partial charge < -0.3 is 20.0 Å². The molecule has 0 rings (SSSR count). The van der Waals surface area contributed by atoms with E-state index in [-0.39, 0.29) is 12.5 Å². The second-order valence-electron chi connectivity index (χ2n) is 5.38. The van der Waals surface area contributed by atoms with Crippen LogP contribution in [0.3, 0.4) is 0 Å². The van der Waals surface area contributed by atoms with Crippen LogP contribution >= 0.6 is 11.8 Å². The lowest BCUT2D eigenvalue weighted by Crippen LogP contribution is -2.37. The molecule has 0 saturated carbocycles. The van der Waals surface area contributed by atoms with Gasteiger partial charge in [-0.25, -0.2) is 0 Å². The molecule has 18 heavy (non-hydrogen) atoms. The lowest BCUT2D eigenvalue weighted by atomic mass is 10.3. The number of rotatable bonds is 10. The Morgan fingerprint density at radius 3 is 2.61 bits per heavy atom. The molecule has 1 amide bonds. The van der Waals surface area contributed by atoms with E-state index in [1.807, 2.05) is 0 Å². The Kier molecular flexibility index (Phi) is 9.45. The first-order chi connectivity index (χ1) is 8.35. The molecule has 0 aromatic carbocycles. The summed E-state index contributed by atoms with van der Waals surface area (Å²) in [5.41, 5.74) is 0. The van der Waals surface area contributed by atoms with Crippen molar-refractivity contribution in [3.63, 3.8) is 0 Å². The van der Waals surface area contributed by atoms with Crippen LogP contribution in [0.4, 0.5) is 0 Å². The van der Waals surface area contributed by atoms with Crippen LogP contribution < -0.4 is 5.32 Å². The highest BCUT2D eigenvalue weighted by Gasteiger charge is 2.07. The number of amides is 1. The maximum absolute atomic E-state index is 11.4. The quantitative estimate of drug-likeness (QED) is 0.378. The highest BCUT2D eigenvalue weighted by Crippen LogP contribution is 2.04. The average Bonchev–Trinajstić information content (AvgIpc) is 2.28. The number of nitrogens with one attached hydrogen (secondary N) is 1. The number of aliphatic hydroxyl groups excluding tert-OH is 2. The molecule has 3 N–H and O–H groups in total. The number of carbonyl (C=O) groups is 1. The van der Waals surface area contributed by atoms with Crippen molar-refractivity contribution < 1.29 is 19.5 Å². The van der Waals surface area contributed by atoms with E-state index in [4.69, 9.17) is 10.2 Å². The molecule has 0 aromatic rings. The van der Waals surface area contributed by atoms with E-state index in [9.17, 15) is 4.79 Å². The summed E-state index contributed by atoms with van der Waals surface area (Å²) in [5, 5.41) is 20.6. The van der Waals surface area contributed by atoms with E-state index in [2.05, 4.69) is 26.5 Å². The molecular formula is C12H27N2O3S+. The molecule has 0 bridgehead atoms. The molecule has 1 unspecified atom stereocenters. The molecule has 0 aliphatic rings. The van der Waals surface area contributed by atoms with Gasteiger partial charge in [0.2, 0.25) is 5.91 Å². The summed E-state index contributed by atoms with van der Waals surface area (Å²) in [6, 6.07) is 0. The van der Waals surface area contributed by atoms with E-state index in [1.165, 1.54) is 11.8 Å². The van der Waals surface area contributed by atoms with Gasteiger partial charge in [0.25, 0.3) is 0 Å². The maximum atomic E-state index is 11.4. The molecule has 0 aliphatic heterocycles. The number of quaternary nitrogens is 1. The van der Waals surface area contributed by atoms with Gasteiger partial charge in [-0.15, -0.1) is 0 Å². The van der Waals surface area contributed by atoms with E-state index in [0.717, 1.165) is 24.0 Å². The minimum Gasteiger partial charge on any atom is -0.394 e. The van der Waals surface area contributed by atoms with Gasteiger partial charge in [-0.3, -0.25) is 4.79 Å². The summed E-state index contributed by atoms with van der Waals surface area (Å²) < 4.78 is 0.908. The molecule has 0 heterocycles. The summed E-state index contributed by atoms with van der Waals surface area (Å²) in [4.78, 5) is 11.4. The van der Waals surface area contributed by atoms with Crippen molar-refractivity contribution in [1.82, 2.24) is 5.32 Å². The zero-order chi connectivity index (χ0) is 14.0. The average molecular weight is 279 g/mol. The van der Waals surface area contributed by atoms with Crippen LogP contribution in [-0.2, 0) is 4.79 Å². The van der Waals surface area contributed by atoms with Crippen LogP contribution in [0.25, 0.3) is 0 Å². The maximum Gasteiger partial charge on any atom is 0.220 e. The van der Waals surface area contributed by atoms with Crippen LogP contribution in [0.5, 0.6) is 0 Å². The molecular weight excluding hydrogens is 252 g/mol. The van der Waals surface area contributed by atoms with Crippen molar-refractivity contribution in [2.75, 3.05) is 52.3 Å². The third-order valence-corrected chi connectivity index (χ3v) is 3.44. The van der Waals surface area contributed by atoms with E-state index >= 15 is 0 Å². The van der Waals surface area contributed by atoms with E-state index in [0.29, 0.717) is 17.9 Å². The SMILES string of the molecule is C[N+](C)(C)CCCNC(=O)CCSCC(O)CO. The normalized spacial score (nSPS) is 13.4. The predicted octanol–water partition coefficient (Wildman–Crippen LogP) is -0.325. The Bertz CT molecular complexity index is 232. The number of hydrogen-bond donors (Lipinski definition) is 3. The summed E-state index contributed by atoms with van der Waals surface area (Å²) >= 11 is 1.48. The van der Waals surface area contributed by atoms with Crippen LogP contribution in [0, 0.1) is 0 Å².